The fourth-order valence-corrected chi connectivity index (χ4v) is 9.57. The van der Waals surface area contributed by atoms with E-state index in [1.165, 1.54) is 51.4 Å². The minimum absolute atomic E-state index is 0.0116. The van der Waals surface area contributed by atoms with Gasteiger partial charge in [0.15, 0.2) is 0 Å². The third kappa shape index (κ3) is 4.71. The summed E-state index contributed by atoms with van der Waals surface area (Å²) in [6.45, 7) is 12.5. The molecule has 0 unspecified atom stereocenters. The smallest absolute Gasteiger partial charge is 0.314 e. The lowest BCUT2D eigenvalue weighted by Crippen LogP contribution is -2.50. The van der Waals surface area contributed by atoms with E-state index in [4.69, 9.17) is 4.74 Å². The molecular formula is C34H50O2. The average Bonchev–Trinajstić information content (AvgIpc) is 3.21. The molecule has 0 bridgehead atoms. The van der Waals surface area contributed by atoms with Gasteiger partial charge in [0, 0.05) is 0 Å². The number of esters is 1. The lowest BCUT2D eigenvalue weighted by atomic mass is 9.46. The SMILES string of the molecule is CC(C)CCC[C@@H](C)[C@H]1CC[C@H]2[C@@H]3CC=C4C[C@@H](C(=O)Oc5ccccc5)CC[C@]4(C)[C@H]3CC[C@]12C. The Labute approximate surface area is 220 Å². The van der Waals surface area contributed by atoms with Gasteiger partial charge in [-0.3, -0.25) is 4.79 Å². The molecule has 0 N–H and O–H groups in total. The van der Waals surface area contributed by atoms with Gasteiger partial charge in [0.05, 0.1) is 5.92 Å². The summed E-state index contributed by atoms with van der Waals surface area (Å²) < 4.78 is 5.75. The first-order valence-electron chi connectivity index (χ1n) is 15.2. The van der Waals surface area contributed by atoms with Gasteiger partial charge in [-0.2, -0.15) is 0 Å². The number of hydrogen-bond donors (Lipinski definition) is 0. The van der Waals surface area contributed by atoms with Crippen LogP contribution in [0.15, 0.2) is 42.0 Å². The van der Waals surface area contributed by atoms with E-state index in [0.717, 1.165) is 54.8 Å². The van der Waals surface area contributed by atoms with E-state index in [9.17, 15) is 4.79 Å². The molecule has 0 spiro atoms. The molecule has 4 aliphatic rings. The van der Waals surface area contributed by atoms with Gasteiger partial charge in [0.1, 0.15) is 5.75 Å². The predicted molar refractivity (Wildman–Crippen MR) is 149 cm³/mol. The maximum atomic E-state index is 13.0. The summed E-state index contributed by atoms with van der Waals surface area (Å²) >= 11 is 0. The molecule has 0 amide bonds. The number of carbonyl (C=O) groups excluding carboxylic acids is 1. The Bertz CT molecular complexity index is 947. The van der Waals surface area contributed by atoms with Crippen molar-refractivity contribution in [3.05, 3.63) is 42.0 Å². The molecule has 4 aliphatic carbocycles. The third-order valence-electron chi connectivity index (χ3n) is 11.6. The van der Waals surface area contributed by atoms with E-state index in [0.29, 0.717) is 11.2 Å². The summed E-state index contributed by atoms with van der Waals surface area (Å²) in [7, 11) is 0. The molecule has 0 radical (unpaired) electrons. The molecule has 1 aromatic carbocycles. The first-order valence-corrected chi connectivity index (χ1v) is 15.2. The van der Waals surface area contributed by atoms with E-state index >= 15 is 0 Å². The van der Waals surface area contributed by atoms with Crippen LogP contribution in [0.1, 0.15) is 105 Å². The first kappa shape index (κ1) is 26.1. The quantitative estimate of drug-likeness (QED) is 0.216. The van der Waals surface area contributed by atoms with Crippen molar-refractivity contribution >= 4 is 5.97 Å². The van der Waals surface area contributed by atoms with Gasteiger partial charge >= 0.3 is 5.97 Å². The van der Waals surface area contributed by atoms with Crippen LogP contribution >= 0.6 is 0 Å². The van der Waals surface area contributed by atoms with Crippen LogP contribution in [0.25, 0.3) is 0 Å². The third-order valence-corrected chi connectivity index (χ3v) is 11.6. The molecule has 2 heteroatoms. The zero-order chi connectivity index (χ0) is 25.5. The maximum absolute atomic E-state index is 13.0. The van der Waals surface area contributed by atoms with E-state index in [1.807, 2.05) is 30.3 Å². The molecule has 3 fully saturated rings. The second kappa shape index (κ2) is 10.3. The van der Waals surface area contributed by atoms with E-state index in [-0.39, 0.29) is 17.3 Å². The molecular weight excluding hydrogens is 440 g/mol. The Kier molecular flexibility index (Phi) is 7.45. The molecule has 198 valence electrons. The van der Waals surface area contributed by atoms with Gasteiger partial charge in [-0.15, -0.1) is 0 Å². The number of rotatable bonds is 7. The van der Waals surface area contributed by atoms with Crippen molar-refractivity contribution in [3.8, 4) is 5.75 Å². The number of carbonyl (C=O) groups is 1. The number of ether oxygens (including phenoxy) is 1. The summed E-state index contributed by atoms with van der Waals surface area (Å²) in [5.41, 5.74) is 2.40. The molecule has 1 aromatic rings. The highest BCUT2D eigenvalue weighted by molar-refractivity contribution is 5.75. The van der Waals surface area contributed by atoms with Crippen molar-refractivity contribution in [2.75, 3.05) is 0 Å². The lowest BCUT2D eigenvalue weighted by Gasteiger charge is -2.58. The summed E-state index contributed by atoms with van der Waals surface area (Å²) in [5, 5.41) is 0. The zero-order valence-electron chi connectivity index (χ0n) is 23.6. The standard InChI is InChI=1S/C34H50O2/c1-23(2)10-9-11-24(3)29-16-17-30-28-15-14-26-22-25(32(35)36-27-12-7-6-8-13-27)18-20-33(26,4)31(28)19-21-34(29,30)5/h6-8,12-14,23-25,28-31H,9-11,15-22H2,1-5H3/t24-,25+,28+,29-,30+,31+,33+,34-/m1/s1. The van der Waals surface area contributed by atoms with Crippen LogP contribution in [0.2, 0.25) is 0 Å². The summed E-state index contributed by atoms with van der Waals surface area (Å²) in [4.78, 5) is 13.0. The molecule has 0 saturated heterocycles. The van der Waals surface area contributed by atoms with Crippen molar-refractivity contribution in [1.82, 2.24) is 0 Å². The largest absolute Gasteiger partial charge is 0.426 e. The second-order valence-corrected chi connectivity index (χ2v) is 14.0. The minimum Gasteiger partial charge on any atom is -0.426 e. The average molecular weight is 491 g/mol. The Morgan fingerprint density at radius 2 is 1.75 bits per heavy atom. The first-order chi connectivity index (χ1) is 17.2. The number of para-hydroxylation sites is 1. The Morgan fingerprint density at radius 1 is 0.972 bits per heavy atom. The highest BCUT2D eigenvalue weighted by atomic mass is 16.5. The van der Waals surface area contributed by atoms with E-state index in [1.54, 1.807) is 5.57 Å². The zero-order valence-corrected chi connectivity index (χ0v) is 23.6. The Hall–Kier alpha value is -1.57. The molecule has 36 heavy (non-hydrogen) atoms. The second-order valence-electron chi connectivity index (χ2n) is 14.0. The van der Waals surface area contributed by atoms with Crippen molar-refractivity contribution in [3.63, 3.8) is 0 Å². The Balaban J connectivity index is 1.26. The van der Waals surface area contributed by atoms with Crippen LogP contribution in [-0.4, -0.2) is 5.97 Å². The molecule has 5 rings (SSSR count). The van der Waals surface area contributed by atoms with Crippen molar-refractivity contribution in [1.29, 1.82) is 0 Å². The van der Waals surface area contributed by atoms with Gasteiger partial charge < -0.3 is 4.74 Å². The van der Waals surface area contributed by atoms with Crippen LogP contribution in [0.3, 0.4) is 0 Å². The van der Waals surface area contributed by atoms with Gasteiger partial charge in [-0.05, 0) is 110 Å². The lowest BCUT2D eigenvalue weighted by molar-refractivity contribution is -0.140. The highest BCUT2D eigenvalue weighted by Crippen LogP contribution is 2.67. The van der Waals surface area contributed by atoms with E-state index < -0.39 is 0 Å². The number of hydrogen-bond acceptors (Lipinski definition) is 2. The van der Waals surface area contributed by atoms with Crippen LogP contribution in [0.4, 0.5) is 0 Å². The van der Waals surface area contributed by atoms with Crippen LogP contribution in [-0.2, 0) is 4.79 Å². The van der Waals surface area contributed by atoms with E-state index in [2.05, 4.69) is 40.7 Å². The number of allylic oxidation sites excluding steroid dienone is 2. The van der Waals surface area contributed by atoms with Crippen LogP contribution in [0, 0.1) is 52.3 Å². The van der Waals surface area contributed by atoms with Gasteiger partial charge in [0.25, 0.3) is 0 Å². The summed E-state index contributed by atoms with van der Waals surface area (Å²) in [6, 6.07) is 9.59. The predicted octanol–water partition coefficient (Wildman–Crippen LogP) is 9.25. The molecule has 0 aliphatic heterocycles. The van der Waals surface area contributed by atoms with Gasteiger partial charge in [0.2, 0.25) is 0 Å². The minimum atomic E-state index is -0.0346. The maximum Gasteiger partial charge on any atom is 0.314 e. The molecule has 8 atom stereocenters. The Morgan fingerprint density at radius 3 is 2.50 bits per heavy atom. The highest BCUT2D eigenvalue weighted by Gasteiger charge is 2.59. The van der Waals surface area contributed by atoms with Crippen molar-refractivity contribution in [2.45, 2.75) is 105 Å². The molecule has 0 heterocycles. The van der Waals surface area contributed by atoms with Gasteiger partial charge in [-0.25, -0.2) is 0 Å². The van der Waals surface area contributed by atoms with Crippen molar-refractivity contribution in [2.24, 2.45) is 52.3 Å². The number of fused-ring (bicyclic) bond motifs is 5. The monoisotopic (exact) mass is 490 g/mol. The fourth-order valence-electron chi connectivity index (χ4n) is 9.57. The van der Waals surface area contributed by atoms with Crippen molar-refractivity contribution < 1.29 is 9.53 Å². The fraction of sp³-hybridized carbons (Fsp3) is 0.735. The summed E-state index contributed by atoms with van der Waals surface area (Å²) in [5.74, 6) is 5.81. The normalized spacial score (nSPS) is 38.5. The topological polar surface area (TPSA) is 26.3 Å². The summed E-state index contributed by atoms with van der Waals surface area (Å²) in [6.07, 6.45) is 16.8. The molecule has 0 aromatic heterocycles. The van der Waals surface area contributed by atoms with Gasteiger partial charge in [-0.1, -0.05) is 83.7 Å². The number of benzene rings is 1. The molecule has 3 saturated carbocycles. The van der Waals surface area contributed by atoms with Crippen LogP contribution in [0.5, 0.6) is 5.75 Å². The van der Waals surface area contributed by atoms with Crippen LogP contribution < -0.4 is 4.74 Å². The molecule has 2 nitrogen and oxygen atoms in total.